The maximum absolute atomic E-state index is 12.6. The average molecular weight is 303 g/mol. The normalized spacial score (nSPS) is 22.6. The molecule has 0 spiro atoms. The molecule has 7 nitrogen and oxygen atoms in total. The van der Waals surface area contributed by atoms with Crippen LogP contribution in [0.5, 0.6) is 0 Å². The van der Waals surface area contributed by atoms with Gasteiger partial charge in [-0.3, -0.25) is 14.2 Å². The third-order valence-corrected chi connectivity index (χ3v) is 3.99. The summed E-state index contributed by atoms with van der Waals surface area (Å²) in [5.74, 6) is -0.140. The minimum atomic E-state index is -0.218. The summed E-state index contributed by atoms with van der Waals surface area (Å²) < 4.78 is 9.34. The van der Waals surface area contributed by atoms with E-state index in [0.717, 1.165) is 12.1 Å². The minimum Gasteiger partial charge on any atom is -0.371 e. The first-order valence-corrected chi connectivity index (χ1v) is 7.52. The number of nitrogens with zero attached hydrogens (tertiary/aromatic N) is 4. The predicted octanol–water partition coefficient (Wildman–Crippen LogP) is 0.899. The average Bonchev–Trinajstić information content (AvgIpc) is 3.18. The van der Waals surface area contributed by atoms with Gasteiger partial charge in [-0.1, -0.05) is 0 Å². The zero-order valence-electron chi connectivity index (χ0n) is 12.8. The summed E-state index contributed by atoms with van der Waals surface area (Å²) in [5, 5.41) is 11.4. The van der Waals surface area contributed by atoms with E-state index in [4.69, 9.17) is 4.74 Å². The van der Waals surface area contributed by atoms with Gasteiger partial charge in [-0.05, 0) is 25.5 Å². The maximum atomic E-state index is 12.6. The SMILES string of the molecule is CC(Cn1cccn1)NC(=O)[C@@H]1CCO[C@H]1c1ccnn1C. The molecule has 0 radical (unpaired) electrons. The fourth-order valence-electron chi connectivity index (χ4n) is 2.90. The maximum Gasteiger partial charge on any atom is 0.226 e. The quantitative estimate of drug-likeness (QED) is 0.890. The van der Waals surface area contributed by atoms with Crippen molar-refractivity contribution in [2.75, 3.05) is 6.61 Å². The second kappa shape index (κ2) is 6.31. The number of carbonyl (C=O) groups excluding carboxylic acids is 1. The van der Waals surface area contributed by atoms with E-state index in [1.165, 1.54) is 0 Å². The Bertz CT molecular complexity index is 622. The fraction of sp³-hybridized carbons (Fsp3) is 0.533. The van der Waals surface area contributed by atoms with Gasteiger partial charge in [-0.2, -0.15) is 10.2 Å². The summed E-state index contributed by atoms with van der Waals surface area (Å²) in [7, 11) is 1.87. The van der Waals surface area contributed by atoms with E-state index in [9.17, 15) is 4.79 Å². The Morgan fingerprint density at radius 1 is 1.50 bits per heavy atom. The van der Waals surface area contributed by atoms with Crippen LogP contribution in [0.25, 0.3) is 0 Å². The molecule has 2 aromatic heterocycles. The molecule has 22 heavy (non-hydrogen) atoms. The summed E-state index contributed by atoms with van der Waals surface area (Å²) in [6.45, 7) is 3.23. The lowest BCUT2D eigenvalue weighted by molar-refractivity contribution is -0.127. The van der Waals surface area contributed by atoms with Gasteiger partial charge in [0.25, 0.3) is 0 Å². The van der Waals surface area contributed by atoms with Gasteiger partial charge in [0.05, 0.1) is 18.2 Å². The summed E-state index contributed by atoms with van der Waals surface area (Å²) in [6, 6.07) is 3.79. The molecule has 3 atom stereocenters. The summed E-state index contributed by atoms with van der Waals surface area (Å²) in [6.07, 6.45) is 5.87. The largest absolute Gasteiger partial charge is 0.371 e. The van der Waals surface area contributed by atoms with E-state index in [-0.39, 0.29) is 24.0 Å². The van der Waals surface area contributed by atoms with E-state index in [1.807, 2.05) is 37.0 Å². The van der Waals surface area contributed by atoms with Crippen molar-refractivity contribution < 1.29 is 9.53 Å². The fourth-order valence-corrected chi connectivity index (χ4v) is 2.90. The Hall–Kier alpha value is -2.15. The highest BCUT2D eigenvalue weighted by atomic mass is 16.5. The molecule has 1 saturated heterocycles. The molecule has 0 aromatic carbocycles. The first-order valence-electron chi connectivity index (χ1n) is 7.52. The molecule has 3 heterocycles. The molecule has 1 amide bonds. The van der Waals surface area contributed by atoms with Crippen LogP contribution in [0.4, 0.5) is 0 Å². The smallest absolute Gasteiger partial charge is 0.226 e. The molecule has 118 valence electrons. The zero-order valence-corrected chi connectivity index (χ0v) is 12.8. The standard InChI is InChI=1S/C15H21N5O2/c1-11(10-20-8-3-6-17-20)18-15(21)12-5-9-22-14(12)13-4-7-16-19(13)2/h3-4,6-8,11-12,14H,5,9-10H2,1-2H3,(H,18,21)/t11?,12-,14-/m1/s1. The first kappa shape index (κ1) is 14.8. The van der Waals surface area contributed by atoms with Crippen LogP contribution in [0.3, 0.4) is 0 Å². The van der Waals surface area contributed by atoms with E-state index in [1.54, 1.807) is 17.1 Å². The van der Waals surface area contributed by atoms with Crippen LogP contribution < -0.4 is 5.32 Å². The van der Waals surface area contributed by atoms with E-state index < -0.39 is 0 Å². The number of aryl methyl sites for hydroxylation is 1. The molecule has 1 aliphatic heterocycles. The van der Waals surface area contributed by atoms with E-state index in [0.29, 0.717) is 13.2 Å². The lowest BCUT2D eigenvalue weighted by Crippen LogP contribution is -2.40. The molecular weight excluding hydrogens is 282 g/mol. The van der Waals surface area contributed by atoms with Gasteiger partial charge in [0.1, 0.15) is 6.10 Å². The Balaban J connectivity index is 1.62. The minimum absolute atomic E-state index is 0.0141. The van der Waals surface area contributed by atoms with Crippen LogP contribution in [0.1, 0.15) is 25.1 Å². The lowest BCUT2D eigenvalue weighted by atomic mass is 9.97. The van der Waals surface area contributed by atoms with Crippen LogP contribution in [0, 0.1) is 5.92 Å². The molecule has 1 unspecified atom stereocenters. The Kier molecular flexibility index (Phi) is 4.24. The Morgan fingerprint density at radius 3 is 3.05 bits per heavy atom. The van der Waals surface area contributed by atoms with E-state index in [2.05, 4.69) is 15.5 Å². The van der Waals surface area contributed by atoms with Gasteiger partial charge >= 0.3 is 0 Å². The molecule has 7 heteroatoms. The molecule has 1 N–H and O–H groups in total. The molecule has 1 aliphatic rings. The number of rotatable bonds is 5. The highest BCUT2D eigenvalue weighted by Crippen LogP contribution is 2.34. The van der Waals surface area contributed by atoms with Gasteiger partial charge in [0.2, 0.25) is 5.91 Å². The van der Waals surface area contributed by atoms with Gasteiger partial charge in [0.15, 0.2) is 0 Å². The number of carbonyl (C=O) groups is 1. The summed E-state index contributed by atoms with van der Waals surface area (Å²) >= 11 is 0. The van der Waals surface area contributed by atoms with Crippen molar-refractivity contribution in [3.63, 3.8) is 0 Å². The van der Waals surface area contributed by atoms with Crippen molar-refractivity contribution in [1.82, 2.24) is 24.9 Å². The number of hydrogen-bond acceptors (Lipinski definition) is 4. The molecule has 1 fully saturated rings. The van der Waals surface area contributed by atoms with Gasteiger partial charge < -0.3 is 10.1 Å². The van der Waals surface area contributed by atoms with Crippen LogP contribution in [-0.2, 0) is 23.1 Å². The molecule has 0 aliphatic carbocycles. The van der Waals surface area contributed by atoms with Crippen LogP contribution in [0.15, 0.2) is 30.7 Å². The van der Waals surface area contributed by atoms with Crippen molar-refractivity contribution >= 4 is 5.91 Å². The first-order chi connectivity index (χ1) is 10.6. The third kappa shape index (κ3) is 3.04. The van der Waals surface area contributed by atoms with Crippen molar-refractivity contribution in [3.8, 4) is 0 Å². The molecule has 0 saturated carbocycles. The zero-order chi connectivity index (χ0) is 15.5. The third-order valence-electron chi connectivity index (χ3n) is 3.99. The molecule has 2 aromatic rings. The highest BCUT2D eigenvalue weighted by molar-refractivity contribution is 5.80. The topological polar surface area (TPSA) is 74.0 Å². The Labute approximate surface area is 129 Å². The molecule has 3 rings (SSSR count). The second-order valence-corrected chi connectivity index (χ2v) is 5.70. The van der Waals surface area contributed by atoms with Crippen molar-refractivity contribution in [2.45, 2.75) is 32.0 Å². The summed E-state index contributed by atoms with van der Waals surface area (Å²) in [5.41, 5.74) is 0.942. The van der Waals surface area contributed by atoms with Crippen LogP contribution in [-0.4, -0.2) is 38.1 Å². The van der Waals surface area contributed by atoms with Crippen LogP contribution >= 0.6 is 0 Å². The highest BCUT2D eigenvalue weighted by Gasteiger charge is 2.37. The van der Waals surface area contributed by atoms with Gasteiger partial charge in [0, 0.05) is 38.3 Å². The van der Waals surface area contributed by atoms with Crippen molar-refractivity contribution in [1.29, 1.82) is 0 Å². The monoisotopic (exact) mass is 303 g/mol. The van der Waals surface area contributed by atoms with Gasteiger partial charge in [-0.25, -0.2) is 0 Å². The summed E-state index contributed by atoms with van der Waals surface area (Å²) in [4.78, 5) is 12.6. The number of hydrogen-bond donors (Lipinski definition) is 1. The van der Waals surface area contributed by atoms with Crippen molar-refractivity contribution in [3.05, 3.63) is 36.4 Å². The van der Waals surface area contributed by atoms with E-state index >= 15 is 0 Å². The number of aromatic nitrogens is 4. The number of amides is 1. The van der Waals surface area contributed by atoms with Crippen LogP contribution in [0.2, 0.25) is 0 Å². The lowest BCUT2D eigenvalue weighted by Gasteiger charge is -2.21. The van der Waals surface area contributed by atoms with Crippen molar-refractivity contribution in [2.24, 2.45) is 13.0 Å². The predicted molar refractivity (Wildman–Crippen MR) is 79.8 cm³/mol. The molecular formula is C15H21N5O2. The second-order valence-electron chi connectivity index (χ2n) is 5.70. The number of ether oxygens (including phenoxy) is 1. The number of nitrogens with one attached hydrogen (secondary N) is 1. The van der Waals surface area contributed by atoms with Gasteiger partial charge in [-0.15, -0.1) is 0 Å². The molecule has 0 bridgehead atoms. The Morgan fingerprint density at radius 2 is 2.36 bits per heavy atom.